The summed E-state index contributed by atoms with van der Waals surface area (Å²) in [6, 6.07) is 3.94. The van der Waals surface area contributed by atoms with Crippen molar-refractivity contribution in [2.75, 3.05) is 67.4 Å². The van der Waals surface area contributed by atoms with Crippen molar-refractivity contribution in [3.63, 3.8) is 0 Å². The van der Waals surface area contributed by atoms with Crippen molar-refractivity contribution in [3.05, 3.63) is 207 Å². The van der Waals surface area contributed by atoms with Gasteiger partial charge >= 0.3 is 6.18 Å². The van der Waals surface area contributed by atoms with Gasteiger partial charge in [-0.3, -0.25) is 83.1 Å². The topological polar surface area (TPSA) is 524 Å². The summed E-state index contributed by atoms with van der Waals surface area (Å²) in [6.45, 7) is 11.5. The van der Waals surface area contributed by atoms with Crippen LogP contribution in [0.1, 0.15) is 195 Å². The molecular weight excluding hydrogens is 1880 g/mol. The number of anilines is 4. The van der Waals surface area contributed by atoms with Crippen molar-refractivity contribution in [3.8, 4) is 91.4 Å². The van der Waals surface area contributed by atoms with Crippen molar-refractivity contribution in [1.29, 1.82) is 0 Å². The number of carbonyl (C=O) groups excluding carboxylic acids is 4. The molecule has 17 heterocycles. The van der Waals surface area contributed by atoms with E-state index in [-0.39, 0.29) is 117 Å². The number of pyridine rings is 2. The minimum Gasteiger partial charge on any atom is -0.444 e. The van der Waals surface area contributed by atoms with Gasteiger partial charge in [0.15, 0.2) is 28.6 Å². The summed E-state index contributed by atoms with van der Waals surface area (Å²) in [6.07, 6.45) is 41.9. The molecule has 1 saturated heterocycles. The second kappa shape index (κ2) is 44.8. The van der Waals surface area contributed by atoms with Crippen LogP contribution in [0.25, 0.3) is 91.4 Å². The Morgan fingerprint density at radius 2 is 0.797 bits per heavy atom. The van der Waals surface area contributed by atoms with Crippen molar-refractivity contribution in [1.82, 2.24) is 135 Å². The third-order valence-electron chi connectivity index (χ3n) is 24.8. The first-order valence-corrected chi connectivity index (χ1v) is 46.5. The van der Waals surface area contributed by atoms with Gasteiger partial charge in [-0.1, -0.05) is 0 Å². The summed E-state index contributed by atoms with van der Waals surface area (Å²) in [5.41, 5.74) is 3.32. The lowest BCUT2D eigenvalue weighted by Crippen LogP contribution is -2.45. The Bertz CT molecular complexity index is 6880. The molecule has 0 radical (unpaired) electrons. The standard InChI is InChI=1S/C24H23F4N7O3.C24H27N9O3.C23H23F2N7O3.C22H23FN8O3/c1-2-37-15-5-3-14(4-6-15)35-11-17(21(34-35)20-16(25)7-8-19(33-20)24(26,27)28)31-22(36)18-12-38-23(32-18)13-9-29-30-10-13;34-23(21-15-36-24(30-21)16-11-27-28-12-16)29-20-14-33(31-22(20)19-13-25-5-6-26-19)18-3-1-17(2-4-18)32-7-9-35-10-8-32;1-2-34-16-5-3-15(4-6-16)32-11-18(21(31-32)17-7-14(24)8-20(25)28-17)29-22(33)19-12-35-23(30-19)13-9-26-27-10-13;1-2-33-14-5-3-13(4-6-14)31-11-17(19(30-31)16-10-24-7-8-25-16)27-21(32)18-12-34-22(28-18)15-9-26-29-20(15)23/h7-12,14-15H,2-6H2,1H3,(H,29,30)(H,31,36);5-6,11-15,17-18H,1-4,7-10H2,(H,27,28)(H,29,34);7-12,15-16H,2-6H2,1H3,(H,26,27)(H,29,33);7-14H,2-6H2,1H3,(H,26,29)(H,27,32). The van der Waals surface area contributed by atoms with Crippen LogP contribution in [-0.2, 0) is 25.1 Å². The van der Waals surface area contributed by atoms with E-state index in [0.29, 0.717) is 114 Å². The number of aromatic nitrogens is 26. The van der Waals surface area contributed by atoms with Gasteiger partial charge in [0.1, 0.15) is 82.0 Å². The van der Waals surface area contributed by atoms with Crippen LogP contribution >= 0.6 is 0 Å². The number of ether oxygens (including phenoxy) is 4. The van der Waals surface area contributed by atoms with Gasteiger partial charge in [0.2, 0.25) is 35.5 Å². The van der Waals surface area contributed by atoms with Crippen molar-refractivity contribution >= 4 is 46.4 Å². The lowest BCUT2D eigenvalue weighted by Gasteiger charge is -2.38. The Morgan fingerprint density at radius 1 is 0.420 bits per heavy atom. The van der Waals surface area contributed by atoms with Gasteiger partial charge in [-0.2, -0.15) is 62.7 Å². The molecule has 16 aromatic rings. The number of hydrogen-bond acceptors (Lipinski definition) is 31. The predicted octanol–water partition coefficient (Wildman–Crippen LogP) is 16.0. The number of oxazole rings is 4. The zero-order chi connectivity index (χ0) is 99.0. The van der Waals surface area contributed by atoms with Crippen LogP contribution in [0, 0.1) is 23.5 Å². The van der Waals surface area contributed by atoms with Crippen molar-refractivity contribution < 1.29 is 86.5 Å². The SMILES string of the molecule is CCOC1CCC(n2cc(NC(=O)c3coc(-c4cn[nH]c4)n3)c(-c3cc(F)cc(F)n3)n2)CC1.CCOC1CCC(n2cc(NC(=O)c3coc(-c4cn[nH]c4)n3)c(-c3nc(C(F)(F)F)ccc3F)n2)CC1.CCOC1CCC(n2cc(NC(=O)c3coc(-c4cn[nH]c4F)n3)c(-c3cnccn3)n2)CC1.O=C(Nc1cn(C2CCC(N3CCOCC3)CC2)nc1-c1cnccn1)c1coc(-c2cn[nH]c2)n1. The number of halogens is 7. The number of amides is 4. The lowest BCUT2D eigenvalue weighted by atomic mass is 9.90. The van der Waals surface area contributed by atoms with E-state index in [9.17, 15) is 49.9 Å². The number of aromatic amines is 4. The molecule has 16 aromatic heterocycles. The Labute approximate surface area is 807 Å². The number of nitrogens with zero attached hydrogens (tertiary/aromatic N) is 23. The molecule has 0 bridgehead atoms. The minimum absolute atomic E-state index is 0.00864. The number of carbonyl (C=O) groups is 4. The number of rotatable bonds is 27. The van der Waals surface area contributed by atoms with E-state index in [0.717, 1.165) is 129 Å². The Morgan fingerprint density at radius 3 is 1.16 bits per heavy atom. The first-order valence-electron chi connectivity index (χ1n) is 46.5. The molecule has 21 rings (SSSR count). The Balaban J connectivity index is 0.000000126. The van der Waals surface area contributed by atoms with E-state index in [1.165, 1.54) is 54.5 Å². The highest BCUT2D eigenvalue weighted by atomic mass is 19.4. The molecule has 5 aliphatic rings. The molecule has 8 N–H and O–H groups in total. The molecule has 43 nitrogen and oxygen atoms in total. The first-order chi connectivity index (χ1) is 69.6. The molecule has 5 fully saturated rings. The third-order valence-corrected chi connectivity index (χ3v) is 24.8. The number of morpholine rings is 1. The Hall–Kier alpha value is -15.8. The van der Waals surface area contributed by atoms with Gasteiger partial charge in [0, 0.05) is 119 Å². The van der Waals surface area contributed by atoms with Gasteiger partial charge in [0.25, 0.3) is 23.6 Å². The lowest BCUT2D eigenvalue weighted by molar-refractivity contribution is -0.141. The predicted molar refractivity (Wildman–Crippen MR) is 493 cm³/mol. The van der Waals surface area contributed by atoms with Gasteiger partial charge in [0.05, 0.1) is 138 Å². The summed E-state index contributed by atoms with van der Waals surface area (Å²) < 4.78 is 148. The van der Waals surface area contributed by atoms with Crippen LogP contribution in [0.3, 0.4) is 0 Å². The van der Waals surface area contributed by atoms with Crippen LogP contribution in [0.2, 0.25) is 0 Å². The molecule has 0 aromatic carbocycles. The second-order valence-electron chi connectivity index (χ2n) is 34.0. The first kappa shape index (κ1) is 97.4. The van der Waals surface area contributed by atoms with Crippen molar-refractivity contribution in [2.45, 2.75) is 178 Å². The maximum Gasteiger partial charge on any atom is 0.433 e. The molecule has 4 saturated carbocycles. The molecule has 744 valence electrons. The van der Waals surface area contributed by atoms with Gasteiger partial charge in [-0.25, -0.2) is 38.7 Å². The molecule has 0 spiro atoms. The van der Waals surface area contributed by atoms with E-state index >= 15 is 0 Å². The molecule has 4 amide bonds. The fourth-order valence-corrected chi connectivity index (χ4v) is 17.7. The van der Waals surface area contributed by atoms with Crippen LogP contribution < -0.4 is 21.3 Å². The summed E-state index contributed by atoms with van der Waals surface area (Å²) in [4.78, 5) is 95.4. The summed E-state index contributed by atoms with van der Waals surface area (Å²) in [7, 11) is 0. The number of hydrogen-bond donors (Lipinski definition) is 8. The monoisotopic (exact) mass is 1970 g/mol. The molecule has 0 unspecified atom stereocenters. The average Bonchev–Trinajstić information content (AvgIpc) is 1.57. The zero-order valence-corrected chi connectivity index (χ0v) is 77.1. The second-order valence-corrected chi connectivity index (χ2v) is 34.0. The average molecular weight is 1970 g/mol. The van der Waals surface area contributed by atoms with Crippen molar-refractivity contribution in [2.24, 2.45) is 0 Å². The number of alkyl halides is 3. The van der Waals surface area contributed by atoms with E-state index in [1.54, 1.807) is 72.8 Å². The largest absolute Gasteiger partial charge is 0.444 e. The smallest absolute Gasteiger partial charge is 0.433 e. The highest BCUT2D eigenvalue weighted by Crippen LogP contribution is 2.42. The summed E-state index contributed by atoms with van der Waals surface area (Å²) in [5, 5.41) is 54.8. The fourth-order valence-electron chi connectivity index (χ4n) is 17.7. The highest BCUT2D eigenvalue weighted by molar-refractivity contribution is 6.07. The molecule has 1 aliphatic heterocycles. The van der Waals surface area contributed by atoms with Crippen LogP contribution in [0.5, 0.6) is 0 Å². The van der Waals surface area contributed by atoms with Gasteiger partial charge in [-0.15, -0.1) is 0 Å². The van der Waals surface area contributed by atoms with Crippen LogP contribution in [-0.4, -0.2) is 229 Å². The molecule has 4 aliphatic carbocycles. The Kier molecular flexibility index (Phi) is 30.5. The number of H-pyrrole nitrogens is 4. The van der Waals surface area contributed by atoms with Gasteiger partial charge < -0.3 is 57.9 Å². The molecule has 50 heteroatoms. The maximum atomic E-state index is 14.8. The van der Waals surface area contributed by atoms with E-state index < -0.39 is 64.7 Å². The third kappa shape index (κ3) is 23.6. The van der Waals surface area contributed by atoms with Gasteiger partial charge in [-0.05, 0) is 136 Å². The van der Waals surface area contributed by atoms with E-state index in [2.05, 4.69) is 127 Å². The van der Waals surface area contributed by atoms with E-state index in [1.807, 2.05) is 36.3 Å². The maximum absolute atomic E-state index is 14.8. The molecular formula is C93H96F7N31O12. The minimum atomic E-state index is -4.80. The summed E-state index contributed by atoms with van der Waals surface area (Å²) >= 11 is 0. The highest BCUT2D eigenvalue weighted by Gasteiger charge is 2.38. The molecule has 143 heavy (non-hydrogen) atoms. The van der Waals surface area contributed by atoms with Crippen LogP contribution in [0.4, 0.5) is 53.5 Å². The fraction of sp³-hybridized carbons (Fsp3) is 0.376. The molecule has 0 atom stereocenters. The summed E-state index contributed by atoms with van der Waals surface area (Å²) in [5.74, 6) is -5.07. The zero-order valence-electron chi connectivity index (χ0n) is 77.1. The van der Waals surface area contributed by atoms with Crippen LogP contribution in [0.15, 0.2) is 172 Å². The number of nitrogens with one attached hydrogen (secondary N) is 8. The van der Waals surface area contributed by atoms with E-state index in [4.69, 9.17) is 46.8 Å². The quantitative estimate of drug-likeness (QED) is 0.0175. The normalized spacial score (nSPS) is 18.8.